The van der Waals surface area contributed by atoms with Gasteiger partial charge < -0.3 is 19.2 Å². The van der Waals surface area contributed by atoms with Crippen molar-refractivity contribution in [2.45, 2.75) is 32.0 Å². The lowest BCUT2D eigenvalue weighted by molar-refractivity contribution is -0.140. The van der Waals surface area contributed by atoms with E-state index in [1.807, 2.05) is 13.0 Å². The van der Waals surface area contributed by atoms with E-state index in [0.717, 1.165) is 17.7 Å². The predicted molar refractivity (Wildman–Crippen MR) is 111 cm³/mol. The average Bonchev–Trinajstić information content (AvgIpc) is 3.48. The number of hydrogen-bond acceptors (Lipinski definition) is 6. The number of carbonyl (C=O) groups is 2. The molecule has 7 heteroatoms. The van der Waals surface area contributed by atoms with E-state index in [2.05, 4.69) is 4.98 Å². The van der Waals surface area contributed by atoms with Gasteiger partial charge in [-0.15, -0.1) is 0 Å². The fourth-order valence-electron chi connectivity index (χ4n) is 4.22. The first-order valence-corrected chi connectivity index (χ1v) is 10.0. The van der Waals surface area contributed by atoms with E-state index in [1.54, 1.807) is 48.8 Å². The molecule has 2 aliphatic rings. The Kier molecular flexibility index (Phi) is 4.58. The molecule has 31 heavy (non-hydrogen) atoms. The van der Waals surface area contributed by atoms with Crippen LogP contribution in [0.2, 0.25) is 0 Å². The molecule has 0 bridgehead atoms. The summed E-state index contributed by atoms with van der Waals surface area (Å²) in [7, 11) is 0. The molecule has 3 aromatic rings. The number of amides is 1. The number of pyridine rings is 1. The number of nitrogens with zero attached hydrogens (tertiary/aromatic N) is 2. The molecule has 0 radical (unpaired) electrons. The molecule has 156 valence electrons. The molecular formula is C24H20N2O5. The van der Waals surface area contributed by atoms with Crippen molar-refractivity contribution >= 4 is 17.4 Å². The van der Waals surface area contributed by atoms with Crippen molar-refractivity contribution < 1.29 is 23.8 Å². The molecule has 0 saturated carbocycles. The minimum absolute atomic E-state index is 0.0384. The van der Waals surface area contributed by atoms with Crippen LogP contribution in [0.15, 0.2) is 71.1 Å². The summed E-state index contributed by atoms with van der Waals surface area (Å²) >= 11 is 0. The lowest BCUT2D eigenvalue weighted by Crippen LogP contribution is -2.29. The van der Waals surface area contributed by atoms with Crippen LogP contribution in [-0.2, 0) is 22.6 Å². The molecule has 5 rings (SSSR count). The summed E-state index contributed by atoms with van der Waals surface area (Å²) in [5.41, 5.74) is 2.10. The highest BCUT2D eigenvalue weighted by atomic mass is 16.5. The molecule has 1 fully saturated rings. The number of carbonyl (C=O) groups excluding carboxylic acids is 2. The zero-order valence-corrected chi connectivity index (χ0v) is 16.8. The van der Waals surface area contributed by atoms with E-state index in [0.29, 0.717) is 16.9 Å². The molecule has 4 heterocycles. The number of furan rings is 1. The summed E-state index contributed by atoms with van der Waals surface area (Å²) in [5.74, 6) is -0.324. The topological polar surface area (TPSA) is 92.9 Å². The first-order chi connectivity index (χ1) is 15.0. The van der Waals surface area contributed by atoms with E-state index in [9.17, 15) is 14.7 Å². The summed E-state index contributed by atoms with van der Waals surface area (Å²) in [6.45, 7) is 2.07. The lowest BCUT2D eigenvalue weighted by atomic mass is 9.95. The second kappa shape index (κ2) is 7.43. The van der Waals surface area contributed by atoms with E-state index in [-0.39, 0.29) is 24.0 Å². The van der Waals surface area contributed by atoms with Gasteiger partial charge in [-0.1, -0.05) is 6.07 Å². The zero-order chi connectivity index (χ0) is 21.5. The molecule has 0 aliphatic carbocycles. The van der Waals surface area contributed by atoms with Crippen molar-refractivity contribution in [1.29, 1.82) is 0 Å². The van der Waals surface area contributed by atoms with Crippen molar-refractivity contribution in [2.24, 2.45) is 0 Å². The van der Waals surface area contributed by atoms with Crippen LogP contribution in [0.1, 0.15) is 35.4 Å². The largest absolute Gasteiger partial charge is 0.507 e. The van der Waals surface area contributed by atoms with Crippen LogP contribution in [0.3, 0.4) is 0 Å². The third-order valence-corrected chi connectivity index (χ3v) is 5.62. The normalized spacial score (nSPS) is 21.9. The van der Waals surface area contributed by atoms with Crippen LogP contribution < -0.4 is 4.74 Å². The number of aliphatic hydroxyl groups is 1. The smallest absolute Gasteiger partial charge is 0.296 e. The number of aromatic nitrogens is 1. The number of aliphatic hydroxyl groups excluding tert-OH is 1. The number of hydrogen-bond donors (Lipinski definition) is 1. The molecule has 1 aromatic carbocycles. The van der Waals surface area contributed by atoms with Gasteiger partial charge in [0.25, 0.3) is 11.7 Å². The molecule has 2 aromatic heterocycles. The predicted octanol–water partition coefficient (Wildman–Crippen LogP) is 3.62. The van der Waals surface area contributed by atoms with Crippen molar-refractivity contribution in [3.8, 4) is 5.75 Å². The minimum Gasteiger partial charge on any atom is -0.507 e. The molecule has 7 nitrogen and oxygen atoms in total. The molecule has 2 atom stereocenters. The van der Waals surface area contributed by atoms with Crippen molar-refractivity contribution in [2.75, 3.05) is 0 Å². The maximum atomic E-state index is 13.0. The Morgan fingerprint density at radius 1 is 1.23 bits per heavy atom. The molecular weight excluding hydrogens is 396 g/mol. The molecule has 0 unspecified atom stereocenters. The van der Waals surface area contributed by atoms with E-state index in [4.69, 9.17) is 9.15 Å². The van der Waals surface area contributed by atoms with Gasteiger partial charge in [-0.2, -0.15) is 0 Å². The highest BCUT2D eigenvalue weighted by Crippen LogP contribution is 2.41. The average molecular weight is 416 g/mol. The number of Topliss-reactive ketones (excluding diaryl/α,β-unsaturated/α-hetero) is 1. The Balaban J connectivity index is 1.62. The molecule has 1 N–H and O–H groups in total. The Hall–Kier alpha value is -3.87. The number of fused-ring (bicyclic) bond motifs is 1. The van der Waals surface area contributed by atoms with Crippen molar-refractivity contribution in [1.82, 2.24) is 9.88 Å². The number of rotatable bonds is 4. The van der Waals surface area contributed by atoms with E-state index >= 15 is 0 Å². The fourth-order valence-corrected chi connectivity index (χ4v) is 4.22. The van der Waals surface area contributed by atoms with Crippen molar-refractivity contribution in [3.63, 3.8) is 0 Å². The summed E-state index contributed by atoms with van der Waals surface area (Å²) in [6, 6.07) is 11.5. The summed E-state index contributed by atoms with van der Waals surface area (Å²) in [6.07, 6.45) is 5.50. The van der Waals surface area contributed by atoms with Crippen LogP contribution in [0.4, 0.5) is 0 Å². The van der Waals surface area contributed by atoms with Crippen LogP contribution in [0, 0.1) is 0 Å². The minimum atomic E-state index is -0.776. The van der Waals surface area contributed by atoms with E-state index < -0.39 is 17.7 Å². The van der Waals surface area contributed by atoms with Gasteiger partial charge in [0, 0.05) is 24.4 Å². The second-order valence-corrected chi connectivity index (χ2v) is 7.75. The Morgan fingerprint density at radius 2 is 2.10 bits per heavy atom. The number of ketones is 1. The van der Waals surface area contributed by atoms with Crippen LogP contribution in [0.25, 0.3) is 5.76 Å². The second-order valence-electron chi connectivity index (χ2n) is 7.75. The van der Waals surface area contributed by atoms with Crippen LogP contribution in [0.5, 0.6) is 5.75 Å². The third-order valence-electron chi connectivity index (χ3n) is 5.62. The van der Waals surface area contributed by atoms with Gasteiger partial charge in [-0.3, -0.25) is 14.6 Å². The standard InChI is InChI=1S/C24H20N2O5/c1-14-10-17-11-15(6-7-19(17)31-14)22(27)20-21(16-4-2-8-25-12-16)26(24(29)23(20)28)13-18-5-3-9-30-18/h2-9,11-12,14,21,27H,10,13H2,1H3/t14-,21+/m0/s1. The Bertz CT molecular complexity index is 1180. The summed E-state index contributed by atoms with van der Waals surface area (Å²) in [4.78, 5) is 31.5. The van der Waals surface area contributed by atoms with Crippen LogP contribution in [-0.4, -0.2) is 32.8 Å². The van der Waals surface area contributed by atoms with Gasteiger partial charge in [0.05, 0.1) is 24.4 Å². The zero-order valence-electron chi connectivity index (χ0n) is 16.8. The first-order valence-electron chi connectivity index (χ1n) is 10.0. The van der Waals surface area contributed by atoms with Crippen LogP contribution >= 0.6 is 0 Å². The van der Waals surface area contributed by atoms with Gasteiger partial charge in [0.15, 0.2) is 0 Å². The SMILES string of the molecule is C[C@H]1Cc2cc(C(O)=C3C(=O)C(=O)N(Cc4ccco4)[C@@H]3c3cccnc3)ccc2O1. The maximum absolute atomic E-state index is 13.0. The molecule has 1 saturated heterocycles. The fraction of sp³-hybridized carbons (Fsp3) is 0.208. The van der Waals surface area contributed by atoms with Gasteiger partial charge in [-0.05, 0) is 54.4 Å². The third kappa shape index (κ3) is 3.28. The number of ether oxygens (including phenoxy) is 1. The lowest BCUT2D eigenvalue weighted by Gasteiger charge is -2.24. The molecule has 1 amide bonds. The van der Waals surface area contributed by atoms with Crippen molar-refractivity contribution in [3.05, 3.63) is 89.1 Å². The van der Waals surface area contributed by atoms with Gasteiger partial charge >= 0.3 is 0 Å². The Morgan fingerprint density at radius 3 is 2.84 bits per heavy atom. The van der Waals surface area contributed by atoms with Gasteiger partial charge in [0.2, 0.25) is 0 Å². The number of likely N-dealkylation sites (tertiary alicyclic amines) is 1. The molecule has 0 spiro atoms. The number of benzene rings is 1. The van der Waals surface area contributed by atoms with Gasteiger partial charge in [0.1, 0.15) is 23.4 Å². The van der Waals surface area contributed by atoms with Gasteiger partial charge in [-0.25, -0.2) is 0 Å². The highest BCUT2D eigenvalue weighted by molar-refractivity contribution is 6.46. The summed E-state index contributed by atoms with van der Waals surface area (Å²) < 4.78 is 11.1. The Labute approximate surface area is 178 Å². The maximum Gasteiger partial charge on any atom is 0.296 e. The summed E-state index contributed by atoms with van der Waals surface area (Å²) in [5, 5.41) is 11.2. The quantitative estimate of drug-likeness (QED) is 0.397. The highest BCUT2D eigenvalue weighted by Gasteiger charge is 2.46. The monoisotopic (exact) mass is 416 g/mol. The first kappa shape index (κ1) is 19.1. The van der Waals surface area contributed by atoms with E-state index in [1.165, 1.54) is 11.2 Å². The molecule has 2 aliphatic heterocycles.